The van der Waals surface area contributed by atoms with Gasteiger partial charge in [0.05, 0.1) is 14.1 Å². The number of hydrogen-bond acceptors (Lipinski definition) is 4. The summed E-state index contributed by atoms with van der Waals surface area (Å²) >= 11 is 0. The number of quaternary nitrogens is 1. The Kier molecular flexibility index (Phi) is 12.4. The molecule has 0 bridgehead atoms. The highest BCUT2D eigenvalue weighted by Gasteiger charge is 2.64. The van der Waals surface area contributed by atoms with Gasteiger partial charge in [0.2, 0.25) is 0 Å². The lowest BCUT2D eigenvalue weighted by Crippen LogP contribution is -2.76. The smallest absolute Gasteiger partial charge is 0.377 e. The van der Waals surface area contributed by atoms with Gasteiger partial charge in [0.1, 0.15) is 0 Å². The molecule has 0 saturated carbocycles. The van der Waals surface area contributed by atoms with Crippen molar-refractivity contribution in [2.45, 2.75) is 109 Å². The van der Waals surface area contributed by atoms with Gasteiger partial charge in [-0.25, -0.2) is 9.59 Å². The predicted octanol–water partition coefficient (Wildman–Crippen LogP) is 3.98. The number of nitrogens with two attached hydrogens (primary N) is 1. The Morgan fingerprint density at radius 3 is 1.63 bits per heavy atom. The van der Waals surface area contributed by atoms with Crippen molar-refractivity contribution >= 4 is 17.7 Å². The van der Waals surface area contributed by atoms with Gasteiger partial charge < -0.3 is 15.9 Å². The summed E-state index contributed by atoms with van der Waals surface area (Å²) in [4.78, 5) is 37.2. The summed E-state index contributed by atoms with van der Waals surface area (Å²) in [5, 5.41) is 19.5. The number of rotatable bonds is 18. The van der Waals surface area contributed by atoms with Crippen molar-refractivity contribution in [3.63, 3.8) is 0 Å². The molecule has 0 aliphatic rings. The molecule has 0 rings (SSSR count). The average molecular weight is 430 g/mol. The summed E-state index contributed by atoms with van der Waals surface area (Å²) in [6, 6.07) is 0. The molecule has 0 radical (unpaired) electrons. The van der Waals surface area contributed by atoms with Crippen molar-refractivity contribution in [3.8, 4) is 0 Å². The molecule has 0 aromatic rings. The molecule has 0 aromatic carbocycles. The highest BCUT2D eigenvalue weighted by Crippen LogP contribution is 2.37. The number of aliphatic carboxylic acids is 2. The Hall–Kier alpha value is -1.47. The van der Waals surface area contributed by atoms with Gasteiger partial charge in [0.25, 0.3) is 5.54 Å². The minimum absolute atomic E-state index is 0.0855. The average Bonchev–Trinajstić information content (AvgIpc) is 2.69. The van der Waals surface area contributed by atoms with Crippen molar-refractivity contribution in [3.05, 3.63) is 0 Å². The molecule has 7 nitrogen and oxygen atoms in total. The quantitative estimate of drug-likeness (QED) is 0.172. The number of carboxylic acid groups (broad SMARTS) is 2. The van der Waals surface area contributed by atoms with Crippen LogP contribution in [0.2, 0.25) is 0 Å². The Bertz CT molecular complexity index is 548. The summed E-state index contributed by atoms with van der Waals surface area (Å²) in [6.45, 7) is 5.44. The second-order valence-corrected chi connectivity index (χ2v) is 9.30. The van der Waals surface area contributed by atoms with Crippen LogP contribution in [-0.4, -0.2) is 64.1 Å². The predicted molar refractivity (Wildman–Crippen MR) is 119 cm³/mol. The maximum absolute atomic E-state index is 13.3. The van der Waals surface area contributed by atoms with Crippen LogP contribution in [0.25, 0.3) is 0 Å². The number of nitrogens with zero attached hydrogens (tertiary/aromatic N) is 1. The van der Waals surface area contributed by atoms with Crippen molar-refractivity contribution < 1.29 is 29.1 Å². The Morgan fingerprint density at radius 1 is 0.800 bits per heavy atom. The SMILES string of the molecule is CCCCCCCCCCCC(=O)C(C)(CCCN)[N+](C)(C)C(C)(C(=O)O)C(=O)O. The van der Waals surface area contributed by atoms with E-state index in [0.717, 1.165) is 19.3 Å². The van der Waals surface area contributed by atoms with Gasteiger partial charge in [-0.15, -0.1) is 0 Å². The first kappa shape index (κ1) is 28.5. The third kappa shape index (κ3) is 6.77. The number of carbonyl (C=O) groups excluding carboxylic acids is 1. The van der Waals surface area contributed by atoms with E-state index < -0.39 is 27.5 Å². The number of carboxylic acids is 2. The molecular weight excluding hydrogens is 384 g/mol. The van der Waals surface area contributed by atoms with Gasteiger partial charge in [-0.1, -0.05) is 58.3 Å². The molecular formula is C23H45N2O5+. The van der Waals surface area contributed by atoms with E-state index in [1.807, 2.05) is 0 Å². The molecule has 176 valence electrons. The maximum Gasteiger partial charge on any atom is 0.377 e. The summed E-state index contributed by atoms with van der Waals surface area (Å²) in [6.07, 6.45) is 11.4. The van der Waals surface area contributed by atoms with E-state index in [1.165, 1.54) is 59.5 Å². The highest BCUT2D eigenvalue weighted by molar-refractivity contribution is 6.01. The largest absolute Gasteiger partial charge is 0.476 e. The zero-order valence-electron chi connectivity index (χ0n) is 19.8. The maximum atomic E-state index is 13.3. The summed E-state index contributed by atoms with van der Waals surface area (Å²) in [5.41, 5.74) is 2.37. The molecule has 1 unspecified atom stereocenters. The van der Waals surface area contributed by atoms with Gasteiger partial charge in [0.15, 0.2) is 11.3 Å². The molecule has 1 atom stereocenters. The molecule has 0 amide bonds. The minimum atomic E-state index is -2.14. The van der Waals surface area contributed by atoms with Crippen LogP contribution >= 0.6 is 0 Å². The summed E-state index contributed by atoms with van der Waals surface area (Å²) in [7, 11) is 3.07. The summed E-state index contributed by atoms with van der Waals surface area (Å²) < 4.78 is -0.457. The topological polar surface area (TPSA) is 118 Å². The minimum Gasteiger partial charge on any atom is -0.476 e. The molecule has 0 aromatic heterocycles. The molecule has 0 spiro atoms. The van der Waals surface area contributed by atoms with Crippen molar-refractivity contribution in [1.29, 1.82) is 0 Å². The van der Waals surface area contributed by atoms with E-state index in [4.69, 9.17) is 5.73 Å². The molecule has 7 heteroatoms. The number of ketones is 1. The van der Waals surface area contributed by atoms with E-state index in [9.17, 15) is 24.6 Å². The Balaban J connectivity index is 5.13. The number of unbranched alkanes of at least 4 members (excludes halogenated alkanes) is 8. The van der Waals surface area contributed by atoms with E-state index in [0.29, 0.717) is 25.8 Å². The van der Waals surface area contributed by atoms with Crippen molar-refractivity contribution in [2.75, 3.05) is 20.6 Å². The lowest BCUT2D eigenvalue weighted by molar-refractivity contribution is -0.958. The van der Waals surface area contributed by atoms with Gasteiger partial charge in [-0.3, -0.25) is 9.28 Å². The monoisotopic (exact) mass is 429 g/mol. The fourth-order valence-electron chi connectivity index (χ4n) is 4.11. The van der Waals surface area contributed by atoms with Crippen LogP contribution in [-0.2, 0) is 14.4 Å². The third-order valence-electron chi connectivity index (χ3n) is 7.16. The third-order valence-corrected chi connectivity index (χ3v) is 7.16. The molecule has 0 aliphatic heterocycles. The second-order valence-electron chi connectivity index (χ2n) is 9.30. The van der Waals surface area contributed by atoms with Crippen LogP contribution < -0.4 is 5.73 Å². The number of carbonyl (C=O) groups is 3. The van der Waals surface area contributed by atoms with E-state index >= 15 is 0 Å². The zero-order chi connectivity index (χ0) is 23.4. The van der Waals surface area contributed by atoms with Crippen LogP contribution in [0.1, 0.15) is 97.8 Å². The highest BCUT2D eigenvalue weighted by atomic mass is 16.4. The molecule has 30 heavy (non-hydrogen) atoms. The fourth-order valence-corrected chi connectivity index (χ4v) is 4.11. The molecule has 0 aliphatic carbocycles. The lowest BCUT2D eigenvalue weighted by Gasteiger charge is -2.52. The van der Waals surface area contributed by atoms with Crippen molar-refractivity contribution in [1.82, 2.24) is 0 Å². The fraction of sp³-hybridized carbons (Fsp3) is 0.870. The number of likely N-dealkylation sites (N-methyl/N-ethyl adjacent to an activating group) is 1. The Morgan fingerprint density at radius 2 is 1.23 bits per heavy atom. The zero-order valence-corrected chi connectivity index (χ0v) is 19.8. The van der Waals surface area contributed by atoms with Crippen LogP contribution in [0.4, 0.5) is 0 Å². The molecule has 0 heterocycles. The van der Waals surface area contributed by atoms with Gasteiger partial charge in [0, 0.05) is 19.8 Å². The van der Waals surface area contributed by atoms with Gasteiger partial charge >= 0.3 is 11.9 Å². The van der Waals surface area contributed by atoms with E-state index in [2.05, 4.69) is 6.92 Å². The normalized spacial score (nSPS) is 14.3. The van der Waals surface area contributed by atoms with Gasteiger partial charge in [-0.2, -0.15) is 0 Å². The molecule has 4 N–H and O–H groups in total. The first-order chi connectivity index (χ1) is 13.9. The summed E-state index contributed by atoms with van der Waals surface area (Å²) in [5.74, 6) is -2.98. The van der Waals surface area contributed by atoms with Crippen LogP contribution in [0, 0.1) is 0 Å². The van der Waals surface area contributed by atoms with Crippen molar-refractivity contribution in [2.24, 2.45) is 5.73 Å². The first-order valence-electron chi connectivity index (χ1n) is 11.5. The standard InChI is InChI=1S/C23H44N2O5/c1-6-7-8-9-10-11-12-13-14-16-19(26)22(2,17-15-18-24)25(4,5)23(3,20(27)28)21(29)30/h6-18,24H2,1-5H3,(H-,27,28,29,30)/p+1. The van der Waals surface area contributed by atoms with Gasteiger partial charge in [-0.05, 0) is 26.3 Å². The van der Waals surface area contributed by atoms with E-state index in [-0.39, 0.29) is 5.78 Å². The molecule has 0 fully saturated rings. The van der Waals surface area contributed by atoms with Crippen LogP contribution in [0.3, 0.4) is 0 Å². The van der Waals surface area contributed by atoms with Crippen LogP contribution in [0.5, 0.6) is 0 Å². The molecule has 0 saturated heterocycles. The Labute approximate surface area is 182 Å². The number of hydrogen-bond donors (Lipinski definition) is 3. The lowest BCUT2D eigenvalue weighted by atomic mass is 9.79. The second kappa shape index (κ2) is 13.1. The number of Topliss-reactive ketones (excluding diaryl/α,β-unsaturated/α-hetero) is 1. The van der Waals surface area contributed by atoms with Crippen LogP contribution in [0.15, 0.2) is 0 Å². The van der Waals surface area contributed by atoms with E-state index in [1.54, 1.807) is 6.92 Å². The first-order valence-corrected chi connectivity index (χ1v) is 11.5.